The summed E-state index contributed by atoms with van der Waals surface area (Å²) in [4.78, 5) is 36.4. The zero-order chi connectivity index (χ0) is 31.0. The predicted octanol–water partition coefficient (Wildman–Crippen LogP) is 5.69. The first kappa shape index (κ1) is 29.5. The lowest BCUT2D eigenvalue weighted by Crippen LogP contribution is -2.24. The van der Waals surface area contributed by atoms with Crippen molar-refractivity contribution < 1.29 is 28.5 Å². The maximum absolute atomic E-state index is 12.9. The molecule has 2 fully saturated rings. The molecule has 11 heteroatoms. The summed E-state index contributed by atoms with van der Waals surface area (Å²) in [7, 11) is 6.45. The number of ether oxygens (including phenoxy) is 4. The molecule has 0 saturated heterocycles. The second-order valence-electron chi connectivity index (χ2n) is 11.0. The summed E-state index contributed by atoms with van der Waals surface area (Å²) in [5.74, 6) is 3.44. The minimum atomic E-state index is -0.264. The third kappa shape index (κ3) is 5.69. The van der Waals surface area contributed by atoms with Crippen molar-refractivity contribution in [2.75, 3.05) is 38.7 Å². The van der Waals surface area contributed by atoms with Crippen LogP contribution in [0.2, 0.25) is 5.15 Å². The van der Waals surface area contributed by atoms with Crippen molar-refractivity contribution in [1.82, 2.24) is 9.97 Å². The Morgan fingerprint density at radius 3 is 2.11 bits per heavy atom. The molecule has 0 aliphatic heterocycles. The number of carbonyl (C=O) groups excluding carboxylic acids is 2. The average molecular weight is 617 g/mol. The number of nitrogens with one attached hydrogen (secondary N) is 1. The molecule has 2 heterocycles. The number of Topliss-reactive ketones (excluding diaryl/α,β-unsaturated/α-hetero) is 1. The Hall–Kier alpha value is -4.57. The Morgan fingerprint density at radius 2 is 1.57 bits per heavy atom. The molecule has 4 aromatic rings. The van der Waals surface area contributed by atoms with Crippen LogP contribution in [0.4, 0.5) is 11.6 Å². The number of halogens is 1. The Bertz CT molecular complexity index is 1690. The van der Waals surface area contributed by atoms with Crippen molar-refractivity contribution in [3.05, 3.63) is 71.0 Å². The number of hydrogen-bond donors (Lipinski definition) is 1. The Balaban J connectivity index is 1.37. The molecule has 1 N–H and O–H groups in total. The number of nitrogens with zero attached hydrogens (tertiary/aromatic N) is 3. The van der Waals surface area contributed by atoms with Gasteiger partial charge in [-0.1, -0.05) is 11.6 Å². The lowest BCUT2D eigenvalue weighted by atomic mass is 10.1. The molecule has 2 aliphatic carbocycles. The highest BCUT2D eigenvalue weighted by molar-refractivity contribution is 6.30. The smallest absolute Gasteiger partial charge is 0.229 e. The van der Waals surface area contributed by atoms with E-state index in [1.165, 1.54) is 0 Å². The molecule has 0 radical (unpaired) electrons. The highest BCUT2D eigenvalue weighted by atomic mass is 35.5. The van der Waals surface area contributed by atoms with Crippen LogP contribution in [0.1, 0.15) is 24.0 Å². The van der Waals surface area contributed by atoms with Crippen molar-refractivity contribution in [3.8, 4) is 23.0 Å². The van der Waals surface area contributed by atoms with Gasteiger partial charge in [0.05, 0.1) is 34.4 Å². The summed E-state index contributed by atoms with van der Waals surface area (Å²) in [6, 6.07) is 14.9. The van der Waals surface area contributed by atoms with E-state index in [0.717, 1.165) is 28.3 Å². The quantitative estimate of drug-likeness (QED) is 0.212. The molecular weight excluding hydrogens is 584 g/mol. The molecule has 3 atom stereocenters. The number of rotatable bonds is 11. The second kappa shape index (κ2) is 12.2. The van der Waals surface area contributed by atoms with Gasteiger partial charge >= 0.3 is 0 Å². The van der Waals surface area contributed by atoms with Crippen LogP contribution >= 0.6 is 11.6 Å². The van der Waals surface area contributed by atoms with Crippen LogP contribution < -0.4 is 29.2 Å². The summed E-state index contributed by atoms with van der Waals surface area (Å²) in [6.45, 7) is 0.809. The van der Waals surface area contributed by atoms with Gasteiger partial charge in [0.1, 0.15) is 45.6 Å². The number of anilines is 2. The van der Waals surface area contributed by atoms with E-state index < -0.39 is 0 Å². The van der Waals surface area contributed by atoms with Gasteiger partial charge in [-0.25, -0.2) is 9.97 Å². The van der Waals surface area contributed by atoms with E-state index in [1.54, 1.807) is 46.8 Å². The number of methoxy groups -OCH3 is 4. The number of carbonyl (C=O) groups is 2. The molecule has 10 nitrogen and oxygen atoms in total. The van der Waals surface area contributed by atoms with Crippen molar-refractivity contribution in [1.29, 1.82) is 0 Å². The molecule has 1 amide bonds. The fraction of sp³-hybridized carbons (Fsp3) is 0.333. The standard InChI is InChI=1S/C33H33ClN4O6/c1-41-21-7-5-18(26(13-21)43-3)16-38(17-19-6-8-22(42-2)14-27(19)44-4)32-24-15-35-29(12-20(24)11-28(34)36-32)37-33(40)31-23-9-10-25(39)30(23)31/h5-8,11-15,23,30-31H,9-10,16-17H2,1-4H3,(H,35,37,40). The highest BCUT2D eigenvalue weighted by Gasteiger charge is 2.61. The topological polar surface area (TPSA) is 112 Å². The van der Waals surface area contributed by atoms with Crippen molar-refractivity contribution >= 4 is 45.7 Å². The van der Waals surface area contributed by atoms with Crippen LogP contribution in [0, 0.1) is 17.8 Å². The van der Waals surface area contributed by atoms with Crippen LogP contribution in [0.3, 0.4) is 0 Å². The Labute approximate surface area is 260 Å². The molecule has 0 spiro atoms. The molecule has 2 saturated carbocycles. The lowest BCUT2D eigenvalue weighted by Gasteiger charge is -2.27. The van der Waals surface area contributed by atoms with Crippen molar-refractivity contribution in [3.63, 3.8) is 0 Å². The largest absolute Gasteiger partial charge is 0.497 e. The zero-order valence-electron chi connectivity index (χ0n) is 24.9. The summed E-state index contributed by atoms with van der Waals surface area (Å²) >= 11 is 6.60. The van der Waals surface area contributed by atoms with E-state index >= 15 is 0 Å². The molecule has 0 bridgehead atoms. The number of benzene rings is 2. The Kier molecular flexibility index (Phi) is 8.18. The lowest BCUT2D eigenvalue weighted by molar-refractivity contribution is -0.123. The molecule has 3 unspecified atom stereocenters. The molecule has 44 heavy (non-hydrogen) atoms. The average Bonchev–Trinajstić information content (AvgIpc) is 3.66. The number of amides is 1. The Morgan fingerprint density at radius 1 is 0.932 bits per heavy atom. The molecular formula is C33H33ClN4O6. The summed E-state index contributed by atoms with van der Waals surface area (Å²) in [5.41, 5.74) is 1.80. The van der Waals surface area contributed by atoms with Crippen LogP contribution in [0.5, 0.6) is 23.0 Å². The molecule has 6 rings (SSSR count). The highest BCUT2D eigenvalue weighted by Crippen LogP contribution is 2.55. The second-order valence-corrected chi connectivity index (χ2v) is 11.4. The van der Waals surface area contributed by atoms with Gasteiger partial charge in [-0.3, -0.25) is 9.59 Å². The van der Waals surface area contributed by atoms with Gasteiger partial charge in [-0.05, 0) is 54.1 Å². The zero-order valence-corrected chi connectivity index (χ0v) is 25.7. The van der Waals surface area contributed by atoms with E-state index in [1.807, 2.05) is 36.4 Å². The maximum atomic E-state index is 12.9. The fourth-order valence-corrected chi connectivity index (χ4v) is 6.40. The van der Waals surface area contributed by atoms with Crippen LogP contribution in [-0.4, -0.2) is 50.1 Å². The summed E-state index contributed by atoms with van der Waals surface area (Å²) in [6.07, 6.45) is 3.04. The normalized spacial score (nSPS) is 18.5. The number of ketones is 1. The van der Waals surface area contributed by atoms with E-state index in [-0.39, 0.29) is 34.6 Å². The van der Waals surface area contributed by atoms with E-state index in [4.69, 9.17) is 35.5 Å². The van der Waals surface area contributed by atoms with E-state index in [0.29, 0.717) is 54.1 Å². The SMILES string of the molecule is COc1ccc(CN(Cc2ccc(OC)cc2OC)c2nc(Cl)cc3cc(NC(=O)C4C5CCC(=O)C54)ncc23)c(OC)c1. The van der Waals surface area contributed by atoms with Gasteiger partial charge in [0.15, 0.2) is 0 Å². The molecule has 228 valence electrons. The number of fused-ring (bicyclic) bond motifs is 2. The van der Waals surface area contributed by atoms with Crippen LogP contribution in [0.15, 0.2) is 54.7 Å². The summed E-state index contributed by atoms with van der Waals surface area (Å²) < 4.78 is 22.2. The predicted molar refractivity (Wildman–Crippen MR) is 167 cm³/mol. The van der Waals surface area contributed by atoms with Crippen molar-refractivity contribution in [2.45, 2.75) is 25.9 Å². The molecule has 2 aromatic carbocycles. The summed E-state index contributed by atoms with van der Waals surface area (Å²) in [5, 5.41) is 4.69. The van der Waals surface area contributed by atoms with Crippen molar-refractivity contribution in [2.24, 2.45) is 17.8 Å². The van der Waals surface area contributed by atoms with Gasteiger partial charge < -0.3 is 29.2 Å². The van der Waals surface area contributed by atoms with E-state index in [2.05, 4.69) is 15.2 Å². The first-order valence-electron chi connectivity index (χ1n) is 14.3. The molecule has 2 aliphatic rings. The fourth-order valence-electron chi connectivity index (χ4n) is 6.21. The third-order valence-electron chi connectivity index (χ3n) is 8.49. The van der Waals surface area contributed by atoms with E-state index in [9.17, 15) is 9.59 Å². The maximum Gasteiger partial charge on any atom is 0.229 e. The van der Waals surface area contributed by atoms with Gasteiger partial charge in [0, 0.05) is 60.3 Å². The minimum Gasteiger partial charge on any atom is -0.497 e. The van der Waals surface area contributed by atoms with Crippen LogP contribution in [-0.2, 0) is 22.7 Å². The number of hydrogen-bond acceptors (Lipinski definition) is 9. The van der Waals surface area contributed by atoms with Gasteiger partial charge in [0.25, 0.3) is 0 Å². The first-order valence-corrected chi connectivity index (χ1v) is 14.7. The number of aromatic nitrogens is 2. The molecule has 2 aromatic heterocycles. The monoisotopic (exact) mass is 616 g/mol. The third-order valence-corrected chi connectivity index (χ3v) is 8.69. The van der Waals surface area contributed by atoms with Gasteiger partial charge in [-0.15, -0.1) is 0 Å². The first-order chi connectivity index (χ1) is 21.3. The number of pyridine rings is 2. The van der Waals surface area contributed by atoms with Gasteiger partial charge in [0.2, 0.25) is 5.91 Å². The minimum absolute atomic E-state index is 0.140. The van der Waals surface area contributed by atoms with Gasteiger partial charge in [-0.2, -0.15) is 0 Å². The van der Waals surface area contributed by atoms with Crippen LogP contribution in [0.25, 0.3) is 10.8 Å².